The lowest BCUT2D eigenvalue weighted by atomic mass is 10.2. The van der Waals surface area contributed by atoms with Crippen LogP contribution in [0.15, 0.2) is 10.8 Å². The molecule has 0 aromatic carbocycles. The minimum atomic E-state index is -4.94. The van der Waals surface area contributed by atoms with E-state index in [1.165, 1.54) is 3.98 Å². The van der Waals surface area contributed by atoms with Gasteiger partial charge in [-0.2, -0.15) is 4.58 Å². The van der Waals surface area contributed by atoms with Crippen LogP contribution in [0.3, 0.4) is 0 Å². The Kier molecular flexibility index (Phi) is 7.03. The number of nitrogens with zero attached hydrogens (tertiary/aromatic N) is 1. The fourth-order valence-electron chi connectivity index (χ4n) is 1.80. The van der Waals surface area contributed by atoms with Crippen molar-refractivity contribution in [3.05, 3.63) is 14.7 Å². The molecule has 0 saturated carbocycles. The molecule has 114 valence electrons. The molecule has 0 amide bonds. The van der Waals surface area contributed by atoms with Crippen molar-refractivity contribution in [2.45, 2.75) is 25.8 Å². The molecule has 1 unspecified atom stereocenters. The number of hydrogen-bond donors (Lipinski definition) is 0. The van der Waals surface area contributed by atoms with E-state index in [-0.39, 0.29) is 12.0 Å². The molecule has 0 radical (unpaired) electrons. The zero-order chi connectivity index (χ0) is 15.2. The summed E-state index contributed by atoms with van der Waals surface area (Å²) in [7, 11) is -4.94. The van der Waals surface area contributed by atoms with Crippen molar-refractivity contribution in [1.82, 2.24) is 4.58 Å². The first-order chi connectivity index (χ1) is 9.33. The van der Waals surface area contributed by atoms with Crippen LogP contribution in [0.5, 0.6) is 0 Å². The molecule has 1 aromatic rings. The standard InChI is InChI=1S/C10H14NO2S2.ClHO4/c1-2-13-9(12)8-4-3-5-11(8)10-14-6-7-15-10;2-1(3,4)5/h6-8H,2-5H2,1H3;(H,2,3,4,5)/q+1;/p-1. The Morgan fingerprint density at radius 2 is 1.95 bits per heavy atom. The molecule has 7 nitrogen and oxygen atoms in total. The summed E-state index contributed by atoms with van der Waals surface area (Å²) in [4.78, 5) is 11.7. The molecule has 0 spiro atoms. The SMILES string of the molecule is CCOC(=O)C1CCC[N+]1=c1sccs1.[O-][Cl+3]([O-])([O-])[O-]. The largest absolute Gasteiger partial charge is 0.461 e. The van der Waals surface area contributed by atoms with E-state index in [1.807, 2.05) is 6.92 Å². The minimum Gasteiger partial charge on any atom is -0.461 e. The fourth-order valence-corrected chi connectivity index (χ4v) is 3.74. The zero-order valence-electron chi connectivity index (χ0n) is 10.7. The van der Waals surface area contributed by atoms with Crippen LogP contribution in [0.4, 0.5) is 0 Å². The molecular weight excluding hydrogens is 330 g/mol. The van der Waals surface area contributed by atoms with Gasteiger partial charge in [0.25, 0.3) is 6.04 Å². The van der Waals surface area contributed by atoms with Crippen molar-refractivity contribution in [3.8, 4) is 0 Å². The van der Waals surface area contributed by atoms with Gasteiger partial charge < -0.3 is 4.74 Å². The van der Waals surface area contributed by atoms with Crippen molar-refractivity contribution >= 4 is 28.6 Å². The van der Waals surface area contributed by atoms with Crippen molar-refractivity contribution < 1.29 is 38.4 Å². The normalized spacial score (nSPS) is 18.4. The van der Waals surface area contributed by atoms with Crippen LogP contribution in [-0.4, -0.2) is 25.2 Å². The van der Waals surface area contributed by atoms with Gasteiger partial charge in [-0.3, -0.25) is 0 Å². The molecule has 0 bridgehead atoms. The van der Waals surface area contributed by atoms with E-state index in [4.69, 9.17) is 23.4 Å². The average molecular weight is 344 g/mol. The van der Waals surface area contributed by atoms with Crippen molar-refractivity contribution in [2.24, 2.45) is 0 Å². The minimum absolute atomic E-state index is 0.0557. The van der Waals surface area contributed by atoms with Gasteiger partial charge in [-0.25, -0.2) is 23.4 Å². The molecule has 1 aliphatic heterocycles. The van der Waals surface area contributed by atoms with Crippen molar-refractivity contribution in [3.63, 3.8) is 0 Å². The van der Waals surface area contributed by atoms with Gasteiger partial charge >= 0.3 is 9.95 Å². The molecule has 2 heterocycles. The number of rotatable bonds is 2. The molecule has 0 N–H and O–H groups in total. The number of carbonyl (C=O) groups is 1. The van der Waals surface area contributed by atoms with Crippen LogP contribution in [0.25, 0.3) is 0 Å². The van der Waals surface area contributed by atoms with Crippen LogP contribution < -0.4 is 27.2 Å². The lowest BCUT2D eigenvalue weighted by molar-refractivity contribution is -2.00. The van der Waals surface area contributed by atoms with Crippen LogP contribution >= 0.6 is 22.7 Å². The first-order valence-electron chi connectivity index (χ1n) is 5.73. The molecule has 1 fully saturated rings. The maximum Gasteiger partial charge on any atom is 0.375 e. The van der Waals surface area contributed by atoms with E-state index in [2.05, 4.69) is 15.3 Å². The average Bonchev–Trinajstić information content (AvgIpc) is 2.98. The van der Waals surface area contributed by atoms with E-state index in [0.29, 0.717) is 6.61 Å². The highest BCUT2D eigenvalue weighted by atomic mass is 35.7. The van der Waals surface area contributed by atoms with Gasteiger partial charge in [0.2, 0.25) is 0 Å². The molecule has 10 heteroatoms. The molecule has 2 rings (SSSR count). The summed E-state index contributed by atoms with van der Waals surface area (Å²) in [5.41, 5.74) is 0. The van der Waals surface area contributed by atoms with Crippen LogP contribution in [0, 0.1) is 10.2 Å². The molecule has 1 aromatic heterocycles. The summed E-state index contributed by atoms with van der Waals surface area (Å²) in [5, 5.41) is 4.11. The number of ether oxygens (including phenoxy) is 1. The van der Waals surface area contributed by atoms with Gasteiger partial charge in [-0.05, 0) is 6.92 Å². The second-order valence-electron chi connectivity index (χ2n) is 3.76. The highest BCUT2D eigenvalue weighted by Gasteiger charge is 2.36. The van der Waals surface area contributed by atoms with Crippen molar-refractivity contribution in [2.75, 3.05) is 13.2 Å². The monoisotopic (exact) mass is 343 g/mol. The molecule has 0 aliphatic carbocycles. The third kappa shape index (κ3) is 6.27. The Bertz CT molecular complexity index is 472. The third-order valence-electron chi connectivity index (χ3n) is 2.44. The van der Waals surface area contributed by atoms with Crippen LogP contribution in [0.2, 0.25) is 0 Å². The number of carbonyl (C=O) groups excluding carboxylic acids is 1. The number of esters is 1. The van der Waals surface area contributed by atoms with E-state index in [9.17, 15) is 4.79 Å². The van der Waals surface area contributed by atoms with Gasteiger partial charge in [0, 0.05) is 23.6 Å². The van der Waals surface area contributed by atoms with Gasteiger partial charge in [-0.1, -0.05) is 22.7 Å². The van der Waals surface area contributed by atoms with Crippen molar-refractivity contribution in [1.29, 1.82) is 0 Å². The summed E-state index contributed by atoms with van der Waals surface area (Å²) in [6.07, 6.45) is 2.00. The predicted molar refractivity (Wildman–Crippen MR) is 62.0 cm³/mol. The van der Waals surface area contributed by atoms with Crippen LogP contribution in [-0.2, 0) is 9.53 Å². The van der Waals surface area contributed by atoms with Gasteiger partial charge in [0.1, 0.15) is 6.54 Å². The van der Waals surface area contributed by atoms with E-state index < -0.39 is 10.2 Å². The van der Waals surface area contributed by atoms with Crippen LogP contribution in [0.1, 0.15) is 19.8 Å². The molecule has 1 atom stereocenters. The van der Waals surface area contributed by atoms with Gasteiger partial charge in [0.15, 0.2) is 0 Å². The molecular formula is C10H14ClNO6S2. The molecule has 20 heavy (non-hydrogen) atoms. The quantitative estimate of drug-likeness (QED) is 0.406. The second-order valence-corrected chi connectivity index (χ2v) is 6.56. The summed E-state index contributed by atoms with van der Waals surface area (Å²) in [6.45, 7) is 3.29. The Morgan fingerprint density at radius 3 is 2.45 bits per heavy atom. The maximum absolute atomic E-state index is 11.7. The lowest BCUT2D eigenvalue weighted by Crippen LogP contribution is -2.68. The Labute approximate surface area is 125 Å². The molecule has 1 saturated heterocycles. The number of halogens is 1. The van der Waals surface area contributed by atoms with E-state index in [0.717, 1.165) is 19.4 Å². The zero-order valence-corrected chi connectivity index (χ0v) is 13.0. The third-order valence-corrected chi connectivity index (χ3v) is 4.61. The highest BCUT2D eigenvalue weighted by molar-refractivity contribution is 7.24. The summed E-state index contributed by atoms with van der Waals surface area (Å²) < 4.78 is 42.4. The van der Waals surface area contributed by atoms with E-state index >= 15 is 0 Å². The summed E-state index contributed by atoms with van der Waals surface area (Å²) in [6, 6.07) is -0.0557. The van der Waals surface area contributed by atoms with Gasteiger partial charge in [-0.15, -0.1) is 10.2 Å². The van der Waals surface area contributed by atoms with E-state index in [1.54, 1.807) is 22.7 Å². The Balaban J connectivity index is 0.000000347. The lowest BCUT2D eigenvalue weighted by Gasteiger charge is -2.17. The smallest absolute Gasteiger partial charge is 0.375 e. The van der Waals surface area contributed by atoms with Gasteiger partial charge in [0.05, 0.1) is 6.61 Å². The first kappa shape index (κ1) is 17.5. The second kappa shape index (κ2) is 8.03. The first-order valence-corrected chi connectivity index (χ1v) is 8.72. The fraction of sp³-hybridized carbons (Fsp3) is 0.600. The number of hydrogen-bond acceptors (Lipinski definition) is 8. The highest BCUT2D eigenvalue weighted by Crippen LogP contribution is 2.12. The summed E-state index contributed by atoms with van der Waals surface area (Å²) in [5.74, 6) is -0.0735. The topological polar surface area (TPSA) is 122 Å². The summed E-state index contributed by atoms with van der Waals surface area (Å²) >= 11 is 3.39. The molecule has 1 aliphatic rings. The Hall–Kier alpha value is -0.550. The Morgan fingerprint density at radius 1 is 1.40 bits per heavy atom. The predicted octanol–water partition coefficient (Wildman–Crippen LogP) is -3.45. The maximum atomic E-state index is 11.7.